The number of nitrogens with one attached hydrogen (secondary N) is 1. The van der Waals surface area contributed by atoms with Crippen molar-refractivity contribution in [2.45, 2.75) is 13.0 Å². The maximum Gasteiger partial charge on any atom is 0.271 e. The normalized spacial score (nSPS) is 15.7. The predicted octanol–water partition coefficient (Wildman–Crippen LogP) is 4.88. The largest absolute Gasteiger partial charge is 0.450 e. The van der Waals surface area contributed by atoms with Crippen LogP contribution in [-0.4, -0.2) is 10.5 Å². The van der Waals surface area contributed by atoms with Crippen LogP contribution in [0.4, 0.5) is 5.69 Å². The highest BCUT2D eigenvalue weighted by molar-refractivity contribution is 9.10. The zero-order chi connectivity index (χ0) is 23.8. The Bertz CT molecular complexity index is 1600. The van der Waals surface area contributed by atoms with Crippen molar-refractivity contribution in [1.82, 2.24) is 4.57 Å². The van der Waals surface area contributed by atoms with Gasteiger partial charge in [0.2, 0.25) is 0 Å². The van der Waals surface area contributed by atoms with E-state index in [1.54, 1.807) is 41.8 Å². The number of amides is 1. The first kappa shape index (κ1) is 22.6. The molecule has 0 fully saturated rings. The maximum absolute atomic E-state index is 13.6. The molecule has 9 heteroatoms. The molecule has 170 valence electrons. The van der Waals surface area contributed by atoms with Crippen molar-refractivity contribution in [2.24, 2.45) is 4.99 Å². The average Bonchev–Trinajstić information content (AvgIpc) is 3.36. The number of rotatable bonds is 4. The molecule has 0 saturated carbocycles. The van der Waals surface area contributed by atoms with Crippen LogP contribution in [0.3, 0.4) is 0 Å². The highest BCUT2D eigenvalue weighted by Gasteiger charge is 2.32. The lowest BCUT2D eigenvalue weighted by Gasteiger charge is -2.25. The lowest BCUT2D eigenvalue weighted by Crippen LogP contribution is -2.40. The molecule has 6 nitrogen and oxygen atoms in total. The van der Waals surface area contributed by atoms with Gasteiger partial charge in [0.15, 0.2) is 9.47 Å². The molecule has 0 radical (unpaired) electrons. The minimum Gasteiger partial charge on any atom is -0.450 e. The number of halogens is 2. The molecule has 34 heavy (non-hydrogen) atoms. The summed E-state index contributed by atoms with van der Waals surface area (Å²) in [4.78, 5) is 32.1. The van der Waals surface area contributed by atoms with Gasteiger partial charge >= 0.3 is 0 Å². The molecule has 1 aliphatic rings. The Morgan fingerprint density at radius 3 is 2.56 bits per heavy atom. The van der Waals surface area contributed by atoms with E-state index in [9.17, 15) is 9.59 Å². The number of nitrogens with zero attached hydrogens (tertiary/aromatic N) is 2. The standard InChI is InChI=1S/C25H17BrClN3O3S/c1-14-21(23(31)29-17-5-3-2-4-6-17)22(15-7-9-16(27)10-8-15)30-24(32)19(34-25(30)28-14)13-18-11-12-20(26)33-18/h2-13,22H,1H3,(H,29,31)/b19-13-. The molecule has 1 unspecified atom stereocenters. The first-order chi connectivity index (χ1) is 16.4. The van der Waals surface area contributed by atoms with Crippen LogP contribution in [0, 0.1) is 0 Å². The van der Waals surface area contributed by atoms with Crippen molar-refractivity contribution in [3.05, 3.63) is 119 Å². The maximum atomic E-state index is 13.6. The fraction of sp³-hybridized carbons (Fsp3) is 0.0800. The van der Waals surface area contributed by atoms with E-state index in [0.717, 1.165) is 5.56 Å². The predicted molar refractivity (Wildman–Crippen MR) is 137 cm³/mol. The third-order valence-electron chi connectivity index (χ3n) is 5.35. The third-order valence-corrected chi connectivity index (χ3v) is 7.01. The van der Waals surface area contributed by atoms with Crippen LogP contribution in [0.2, 0.25) is 5.02 Å². The first-order valence-electron chi connectivity index (χ1n) is 10.3. The molecule has 1 atom stereocenters. The fourth-order valence-electron chi connectivity index (χ4n) is 3.83. The van der Waals surface area contributed by atoms with E-state index >= 15 is 0 Å². The minimum atomic E-state index is -0.664. The highest BCUT2D eigenvalue weighted by Crippen LogP contribution is 2.31. The Balaban J connectivity index is 1.68. The molecule has 0 bridgehead atoms. The number of allylic oxidation sites excluding steroid dienone is 1. The number of fused-ring (bicyclic) bond motifs is 1. The topological polar surface area (TPSA) is 76.6 Å². The summed E-state index contributed by atoms with van der Waals surface area (Å²) >= 11 is 10.6. The van der Waals surface area contributed by atoms with Gasteiger partial charge < -0.3 is 9.73 Å². The number of furan rings is 1. The van der Waals surface area contributed by atoms with Gasteiger partial charge in [0.25, 0.3) is 11.5 Å². The summed E-state index contributed by atoms with van der Waals surface area (Å²) in [6.07, 6.45) is 1.68. The van der Waals surface area contributed by atoms with E-state index < -0.39 is 6.04 Å². The number of anilines is 1. The molecule has 4 aromatic rings. The quantitative estimate of drug-likeness (QED) is 0.391. The van der Waals surface area contributed by atoms with Crippen LogP contribution in [-0.2, 0) is 4.79 Å². The zero-order valence-corrected chi connectivity index (χ0v) is 20.9. The molecule has 2 aromatic heterocycles. The summed E-state index contributed by atoms with van der Waals surface area (Å²) in [5.41, 5.74) is 2.09. The van der Waals surface area contributed by atoms with Gasteiger partial charge in [-0.1, -0.05) is 53.3 Å². The monoisotopic (exact) mass is 553 g/mol. The Morgan fingerprint density at radius 2 is 1.88 bits per heavy atom. The smallest absolute Gasteiger partial charge is 0.271 e. The van der Waals surface area contributed by atoms with Gasteiger partial charge in [-0.15, -0.1) is 0 Å². The molecule has 1 amide bonds. The molecule has 5 rings (SSSR count). The van der Waals surface area contributed by atoms with Gasteiger partial charge in [0, 0.05) is 16.8 Å². The summed E-state index contributed by atoms with van der Waals surface area (Å²) in [6.45, 7) is 1.78. The van der Waals surface area contributed by atoms with Crippen molar-refractivity contribution in [3.63, 3.8) is 0 Å². The Kier molecular flexibility index (Phi) is 6.12. The molecule has 0 saturated heterocycles. The minimum absolute atomic E-state index is 0.256. The van der Waals surface area contributed by atoms with E-state index in [4.69, 9.17) is 16.0 Å². The van der Waals surface area contributed by atoms with Gasteiger partial charge in [-0.3, -0.25) is 14.2 Å². The molecule has 1 N–H and O–H groups in total. The molecular formula is C25H17BrClN3O3S. The van der Waals surface area contributed by atoms with Crippen molar-refractivity contribution in [1.29, 1.82) is 0 Å². The second-order valence-corrected chi connectivity index (χ2v) is 9.82. The lowest BCUT2D eigenvalue weighted by molar-refractivity contribution is -0.113. The van der Waals surface area contributed by atoms with Gasteiger partial charge in [0.05, 0.1) is 21.8 Å². The lowest BCUT2D eigenvalue weighted by atomic mass is 9.95. The van der Waals surface area contributed by atoms with E-state index in [2.05, 4.69) is 26.2 Å². The zero-order valence-electron chi connectivity index (χ0n) is 17.8. The molecular weight excluding hydrogens is 538 g/mol. The second-order valence-electron chi connectivity index (χ2n) is 7.60. The second kappa shape index (κ2) is 9.21. The van der Waals surface area contributed by atoms with Crippen molar-refractivity contribution >= 4 is 56.5 Å². The van der Waals surface area contributed by atoms with Crippen LogP contribution >= 0.6 is 38.9 Å². The van der Waals surface area contributed by atoms with Crippen LogP contribution in [0.5, 0.6) is 0 Å². The number of para-hydroxylation sites is 1. The van der Waals surface area contributed by atoms with E-state index in [0.29, 0.717) is 41.7 Å². The number of hydrogen-bond donors (Lipinski definition) is 1. The SMILES string of the molecule is CC1=C(C(=O)Nc2ccccc2)C(c2ccc(Cl)cc2)n2c(s/c(=C\c3ccc(Br)o3)c2=O)=N1. The Morgan fingerprint density at radius 1 is 1.15 bits per heavy atom. The molecule has 0 aliphatic carbocycles. The number of carbonyl (C=O) groups excluding carboxylic acids is 1. The molecule has 1 aliphatic heterocycles. The molecule has 2 aromatic carbocycles. The molecule has 0 spiro atoms. The summed E-state index contributed by atoms with van der Waals surface area (Å²) in [5.74, 6) is 0.217. The van der Waals surface area contributed by atoms with E-state index in [1.165, 1.54) is 11.3 Å². The average molecular weight is 555 g/mol. The van der Waals surface area contributed by atoms with Crippen LogP contribution in [0.25, 0.3) is 6.08 Å². The van der Waals surface area contributed by atoms with Crippen molar-refractivity contribution < 1.29 is 9.21 Å². The number of hydrogen-bond acceptors (Lipinski definition) is 5. The Labute approximate surface area is 211 Å². The van der Waals surface area contributed by atoms with Gasteiger partial charge in [-0.25, -0.2) is 4.99 Å². The number of benzene rings is 2. The van der Waals surface area contributed by atoms with Gasteiger partial charge in [0.1, 0.15) is 5.76 Å². The van der Waals surface area contributed by atoms with Gasteiger partial charge in [-0.05, 0) is 64.8 Å². The number of carbonyl (C=O) groups is 1. The first-order valence-corrected chi connectivity index (χ1v) is 12.3. The summed E-state index contributed by atoms with van der Waals surface area (Å²) < 4.78 is 8.13. The highest BCUT2D eigenvalue weighted by atomic mass is 79.9. The Hall–Kier alpha value is -3.20. The summed E-state index contributed by atoms with van der Waals surface area (Å²) in [6, 6.07) is 19.2. The van der Waals surface area contributed by atoms with Crippen molar-refractivity contribution in [3.8, 4) is 0 Å². The number of aromatic nitrogens is 1. The van der Waals surface area contributed by atoms with Crippen LogP contribution < -0.4 is 20.2 Å². The van der Waals surface area contributed by atoms with Crippen LogP contribution in [0.15, 0.2) is 96.9 Å². The fourth-order valence-corrected chi connectivity index (χ4v) is 5.30. The third kappa shape index (κ3) is 4.32. The summed E-state index contributed by atoms with van der Waals surface area (Å²) in [7, 11) is 0. The van der Waals surface area contributed by atoms with Crippen LogP contribution in [0.1, 0.15) is 24.3 Å². The summed E-state index contributed by atoms with van der Waals surface area (Å²) in [5, 5.41) is 3.50. The van der Waals surface area contributed by atoms with E-state index in [1.807, 2.05) is 42.5 Å². The van der Waals surface area contributed by atoms with Crippen molar-refractivity contribution in [2.75, 3.05) is 5.32 Å². The van der Waals surface area contributed by atoms with E-state index in [-0.39, 0.29) is 11.5 Å². The number of thiazole rings is 1. The van der Waals surface area contributed by atoms with Gasteiger partial charge in [-0.2, -0.15) is 0 Å². The molecule has 3 heterocycles.